The van der Waals surface area contributed by atoms with Crippen LogP contribution in [0.3, 0.4) is 0 Å². The summed E-state index contributed by atoms with van der Waals surface area (Å²) in [6.07, 6.45) is 0. The number of carboxylic acids is 1. The van der Waals surface area contributed by atoms with Gasteiger partial charge in [0.15, 0.2) is 0 Å². The molecule has 20 heavy (non-hydrogen) atoms. The SMILES string of the molecule is O=C(O)c1cc2cc(CNc3ccccc3)ccc2o1. The highest BCUT2D eigenvalue weighted by Crippen LogP contribution is 2.21. The summed E-state index contributed by atoms with van der Waals surface area (Å²) in [4.78, 5) is 10.9. The molecule has 0 spiro atoms. The molecule has 100 valence electrons. The summed E-state index contributed by atoms with van der Waals surface area (Å²) in [5.41, 5.74) is 2.70. The van der Waals surface area contributed by atoms with E-state index in [9.17, 15) is 4.79 Å². The van der Waals surface area contributed by atoms with Crippen molar-refractivity contribution in [2.75, 3.05) is 5.32 Å². The summed E-state index contributed by atoms with van der Waals surface area (Å²) in [5.74, 6) is -1.08. The molecule has 4 nitrogen and oxygen atoms in total. The smallest absolute Gasteiger partial charge is 0.371 e. The molecule has 0 radical (unpaired) electrons. The predicted molar refractivity (Wildman–Crippen MR) is 76.9 cm³/mol. The van der Waals surface area contributed by atoms with E-state index < -0.39 is 5.97 Å². The van der Waals surface area contributed by atoms with Gasteiger partial charge in [0.1, 0.15) is 5.58 Å². The van der Waals surface area contributed by atoms with Crippen LogP contribution in [-0.2, 0) is 6.54 Å². The van der Waals surface area contributed by atoms with Crippen LogP contribution < -0.4 is 5.32 Å². The molecule has 1 aromatic heterocycles. The van der Waals surface area contributed by atoms with Gasteiger partial charge in [-0.3, -0.25) is 0 Å². The maximum Gasteiger partial charge on any atom is 0.371 e. The highest BCUT2D eigenvalue weighted by molar-refractivity contribution is 5.91. The van der Waals surface area contributed by atoms with Gasteiger partial charge in [-0.15, -0.1) is 0 Å². The molecule has 1 heterocycles. The van der Waals surface area contributed by atoms with E-state index in [2.05, 4.69) is 5.32 Å². The number of aromatic carboxylic acids is 1. The van der Waals surface area contributed by atoms with Gasteiger partial charge in [-0.25, -0.2) is 4.79 Å². The highest BCUT2D eigenvalue weighted by Gasteiger charge is 2.10. The first-order valence-electron chi connectivity index (χ1n) is 6.27. The third-order valence-corrected chi connectivity index (χ3v) is 3.06. The Morgan fingerprint density at radius 3 is 2.65 bits per heavy atom. The van der Waals surface area contributed by atoms with Crippen LogP contribution in [0.25, 0.3) is 11.0 Å². The van der Waals surface area contributed by atoms with Crippen LogP contribution in [0.1, 0.15) is 16.1 Å². The van der Waals surface area contributed by atoms with Crippen molar-refractivity contribution < 1.29 is 14.3 Å². The fourth-order valence-corrected chi connectivity index (χ4v) is 2.07. The van der Waals surface area contributed by atoms with E-state index >= 15 is 0 Å². The number of hydrogen-bond acceptors (Lipinski definition) is 3. The summed E-state index contributed by atoms with van der Waals surface area (Å²) >= 11 is 0. The standard InChI is InChI=1S/C16H13NO3/c18-16(19)15-9-12-8-11(6-7-14(12)20-15)10-17-13-4-2-1-3-5-13/h1-9,17H,10H2,(H,18,19). The molecular weight excluding hydrogens is 254 g/mol. The molecule has 0 aliphatic rings. The molecule has 4 heteroatoms. The van der Waals surface area contributed by atoms with E-state index in [-0.39, 0.29) is 5.76 Å². The van der Waals surface area contributed by atoms with Crippen LogP contribution in [0.4, 0.5) is 5.69 Å². The number of fused-ring (bicyclic) bond motifs is 1. The second-order valence-electron chi connectivity index (χ2n) is 4.51. The Bertz CT molecular complexity index is 747. The van der Waals surface area contributed by atoms with Gasteiger partial charge in [-0.2, -0.15) is 0 Å². The first kappa shape index (κ1) is 12.3. The molecule has 0 saturated heterocycles. The molecule has 0 atom stereocenters. The first-order chi connectivity index (χ1) is 9.72. The molecule has 0 fully saturated rings. The molecule has 3 rings (SSSR count). The quantitative estimate of drug-likeness (QED) is 0.755. The summed E-state index contributed by atoms with van der Waals surface area (Å²) in [6.45, 7) is 0.674. The van der Waals surface area contributed by atoms with Crippen molar-refractivity contribution in [1.82, 2.24) is 0 Å². The first-order valence-corrected chi connectivity index (χ1v) is 6.27. The van der Waals surface area contributed by atoms with E-state index in [0.29, 0.717) is 12.1 Å². The maximum atomic E-state index is 10.9. The largest absolute Gasteiger partial charge is 0.475 e. The number of carbonyl (C=O) groups is 1. The second-order valence-corrected chi connectivity index (χ2v) is 4.51. The van der Waals surface area contributed by atoms with Crippen molar-refractivity contribution in [3.05, 3.63) is 65.9 Å². The van der Waals surface area contributed by atoms with Gasteiger partial charge in [0.25, 0.3) is 0 Å². The maximum absolute atomic E-state index is 10.9. The number of anilines is 1. The Labute approximate surface area is 115 Å². The molecule has 0 aliphatic heterocycles. The molecule has 3 aromatic rings. The van der Waals surface area contributed by atoms with Crippen molar-refractivity contribution in [1.29, 1.82) is 0 Å². The van der Waals surface area contributed by atoms with E-state index in [4.69, 9.17) is 9.52 Å². The van der Waals surface area contributed by atoms with Gasteiger partial charge in [0.05, 0.1) is 0 Å². The fraction of sp³-hybridized carbons (Fsp3) is 0.0625. The fourth-order valence-electron chi connectivity index (χ4n) is 2.07. The zero-order valence-electron chi connectivity index (χ0n) is 10.7. The third kappa shape index (κ3) is 2.49. The second kappa shape index (κ2) is 5.09. The minimum absolute atomic E-state index is 0.0341. The van der Waals surface area contributed by atoms with Gasteiger partial charge in [-0.05, 0) is 35.9 Å². The molecular formula is C16H13NO3. The minimum atomic E-state index is -1.05. The van der Waals surface area contributed by atoms with Crippen LogP contribution in [0.2, 0.25) is 0 Å². The number of hydrogen-bond donors (Lipinski definition) is 2. The molecule has 0 unspecified atom stereocenters. The molecule has 2 aromatic carbocycles. The monoisotopic (exact) mass is 267 g/mol. The zero-order chi connectivity index (χ0) is 13.9. The van der Waals surface area contributed by atoms with E-state index in [1.54, 1.807) is 12.1 Å². The zero-order valence-corrected chi connectivity index (χ0v) is 10.7. The average Bonchev–Trinajstić information content (AvgIpc) is 2.89. The lowest BCUT2D eigenvalue weighted by atomic mass is 10.1. The third-order valence-electron chi connectivity index (χ3n) is 3.06. The number of carboxylic acid groups (broad SMARTS) is 1. The van der Waals surface area contributed by atoms with E-state index in [0.717, 1.165) is 16.6 Å². The Balaban J connectivity index is 1.80. The molecule has 0 amide bonds. The van der Waals surface area contributed by atoms with Crippen LogP contribution in [0.5, 0.6) is 0 Å². The van der Waals surface area contributed by atoms with Gasteiger partial charge in [-0.1, -0.05) is 24.3 Å². The number of para-hydroxylation sites is 1. The number of benzene rings is 2. The van der Waals surface area contributed by atoms with Crippen LogP contribution in [-0.4, -0.2) is 11.1 Å². The summed E-state index contributed by atoms with van der Waals surface area (Å²) < 4.78 is 5.23. The molecule has 0 bridgehead atoms. The van der Waals surface area contributed by atoms with Crippen molar-refractivity contribution in [2.45, 2.75) is 6.54 Å². The lowest BCUT2D eigenvalue weighted by Gasteiger charge is -2.06. The van der Waals surface area contributed by atoms with Gasteiger partial charge in [0, 0.05) is 17.6 Å². The number of nitrogens with one attached hydrogen (secondary N) is 1. The normalized spacial score (nSPS) is 10.6. The Hall–Kier alpha value is -2.75. The van der Waals surface area contributed by atoms with E-state index in [1.807, 2.05) is 42.5 Å². The van der Waals surface area contributed by atoms with E-state index in [1.165, 1.54) is 0 Å². The highest BCUT2D eigenvalue weighted by atomic mass is 16.4. The van der Waals surface area contributed by atoms with Crippen LogP contribution in [0, 0.1) is 0 Å². The van der Waals surface area contributed by atoms with Crippen LogP contribution in [0.15, 0.2) is 59.0 Å². The Morgan fingerprint density at radius 2 is 1.90 bits per heavy atom. The van der Waals surface area contributed by atoms with Gasteiger partial charge < -0.3 is 14.8 Å². The Kier molecular flexibility index (Phi) is 3.13. The number of furan rings is 1. The molecule has 0 aliphatic carbocycles. The van der Waals surface area contributed by atoms with Gasteiger partial charge >= 0.3 is 5.97 Å². The predicted octanol–water partition coefficient (Wildman–Crippen LogP) is 3.74. The topological polar surface area (TPSA) is 62.5 Å². The van der Waals surface area contributed by atoms with Gasteiger partial charge in [0.2, 0.25) is 5.76 Å². The average molecular weight is 267 g/mol. The lowest BCUT2D eigenvalue weighted by molar-refractivity contribution is 0.0665. The summed E-state index contributed by atoms with van der Waals surface area (Å²) in [5, 5.41) is 13.0. The minimum Gasteiger partial charge on any atom is -0.475 e. The molecule has 0 saturated carbocycles. The Morgan fingerprint density at radius 1 is 1.10 bits per heavy atom. The van der Waals surface area contributed by atoms with Crippen molar-refractivity contribution in [3.63, 3.8) is 0 Å². The molecule has 2 N–H and O–H groups in total. The van der Waals surface area contributed by atoms with Crippen molar-refractivity contribution in [2.24, 2.45) is 0 Å². The van der Waals surface area contributed by atoms with Crippen molar-refractivity contribution >= 4 is 22.6 Å². The summed E-state index contributed by atoms with van der Waals surface area (Å²) in [6, 6.07) is 17.1. The van der Waals surface area contributed by atoms with Crippen LogP contribution >= 0.6 is 0 Å². The number of rotatable bonds is 4. The lowest BCUT2D eigenvalue weighted by Crippen LogP contribution is -1.98. The van der Waals surface area contributed by atoms with Crippen molar-refractivity contribution in [3.8, 4) is 0 Å². The summed E-state index contributed by atoms with van der Waals surface area (Å²) in [7, 11) is 0.